The number of aromatic nitrogens is 1. The van der Waals surface area contributed by atoms with Crippen molar-refractivity contribution in [1.29, 1.82) is 0 Å². The molecule has 0 saturated heterocycles. The fourth-order valence-electron chi connectivity index (χ4n) is 3.11. The van der Waals surface area contributed by atoms with Crippen LogP contribution in [0.4, 0.5) is 13.2 Å². The van der Waals surface area contributed by atoms with Crippen molar-refractivity contribution >= 4 is 22.2 Å². The van der Waals surface area contributed by atoms with Gasteiger partial charge in [-0.3, -0.25) is 0 Å². The van der Waals surface area contributed by atoms with Crippen LogP contribution >= 0.6 is 11.3 Å². The highest BCUT2D eigenvalue weighted by Gasteiger charge is 2.35. The number of hydrogen-bond donors (Lipinski definition) is 0. The highest BCUT2D eigenvalue weighted by Crippen LogP contribution is 2.43. The summed E-state index contributed by atoms with van der Waals surface area (Å²) in [5, 5.41) is 2.34. The Hall–Kier alpha value is -2.53. The maximum atomic E-state index is 13.3. The van der Waals surface area contributed by atoms with E-state index in [-0.39, 0.29) is 5.56 Å². The summed E-state index contributed by atoms with van der Waals surface area (Å²) >= 11 is 0.739. The average Bonchev–Trinajstić information content (AvgIpc) is 3.21. The van der Waals surface area contributed by atoms with Gasteiger partial charge in [0.25, 0.3) is 0 Å². The first kappa shape index (κ1) is 16.0. The summed E-state index contributed by atoms with van der Waals surface area (Å²) in [6, 6.07) is 19.0. The summed E-state index contributed by atoms with van der Waals surface area (Å²) in [6.45, 7) is 0.618. The molecule has 1 nitrogen and oxygen atoms in total. The molecule has 0 aliphatic heterocycles. The Morgan fingerprint density at radius 2 is 1.56 bits per heavy atom. The molecule has 2 heterocycles. The maximum Gasteiger partial charge on any atom is 0.426 e. The van der Waals surface area contributed by atoms with E-state index >= 15 is 0 Å². The summed E-state index contributed by atoms with van der Waals surface area (Å²) in [4.78, 5) is -0.546. The molecule has 126 valence electrons. The average molecular weight is 357 g/mol. The topological polar surface area (TPSA) is 4.93 Å². The molecule has 0 amide bonds. The monoisotopic (exact) mass is 357 g/mol. The molecule has 0 bridgehead atoms. The first-order valence-electron chi connectivity index (χ1n) is 7.81. The number of nitrogens with zero attached hydrogens (tertiary/aromatic N) is 1. The van der Waals surface area contributed by atoms with Crippen LogP contribution in [0.5, 0.6) is 0 Å². The van der Waals surface area contributed by atoms with E-state index in [1.807, 2.05) is 65.4 Å². The Kier molecular flexibility index (Phi) is 3.88. The Labute approximate surface area is 147 Å². The van der Waals surface area contributed by atoms with Gasteiger partial charge in [-0.25, -0.2) is 0 Å². The van der Waals surface area contributed by atoms with Crippen molar-refractivity contribution in [2.75, 3.05) is 0 Å². The van der Waals surface area contributed by atoms with E-state index in [0.717, 1.165) is 27.8 Å². The Morgan fingerprint density at radius 3 is 2.32 bits per heavy atom. The molecule has 0 fully saturated rings. The molecule has 0 spiro atoms. The first-order chi connectivity index (χ1) is 12.0. The molecular weight excluding hydrogens is 343 g/mol. The number of hydrogen-bond acceptors (Lipinski definition) is 1. The summed E-state index contributed by atoms with van der Waals surface area (Å²) in [5.41, 5.74) is 2.91. The van der Waals surface area contributed by atoms with Crippen LogP contribution in [-0.4, -0.2) is 4.57 Å². The lowest BCUT2D eigenvalue weighted by Crippen LogP contribution is -2.03. The van der Waals surface area contributed by atoms with Crippen molar-refractivity contribution in [2.45, 2.75) is 12.7 Å². The summed E-state index contributed by atoms with van der Waals surface area (Å²) in [6.07, 6.45) is -2.51. The van der Waals surface area contributed by atoms with E-state index in [1.54, 1.807) is 6.07 Å². The standard InChI is InChI=1S/C20H14F3NS/c21-20(22,23)19-16(10-11-25-19)17-13-24(12-14-6-2-1-3-7-14)18-9-5-4-8-15(17)18/h1-11,13H,12H2. The zero-order valence-electron chi connectivity index (χ0n) is 13.1. The Bertz CT molecular complexity index is 1010. The third kappa shape index (κ3) is 2.96. The zero-order chi connectivity index (χ0) is 17.4. The molecule has 0 radical (unpaired) electrons. The van der Waals surface area contributed by atoms with Gasteiger partial charge in [0.1, 0.15) is 4.88 Å². The lowest BCUT2D eigenvalue weighted by Gasteiger charge is -2.07. The van der Waals surface area contributed by atoms with E-state index in [0.29, 0.717) is 12.1 Å². The molecule has 4 rings (SSSR count). The SMILES string of the molecule is FC(F)(F)c1sccc1-c1cn(Cc2ccccc2)c2ccccc12. The maximum absolute atomic E-state index is 13.3. The number of para-hydroxylation sites is 1. The molecule has 2 aromatic carbocycles. The quantitative estimate of drug-likeness (QED) is 0.398. The second kappa shape index (κ2) is 6.08. The molecule has 4 aromatic rings. The zero-order valence-corrected chi connectivity index (χ0v) is 13.9. The van der Waals surface area contributed by atoms with Gasteiger partial charge < -0.3 is 4.57 Å². The van der Waals surface area contributed by atoms with Gasteiger partial charge in [0.2, 0.25) is 0 Å². The van der Waals surface area contributed by atoms with Crippen LogP contribution in [0.1, 0.15) is 10.4 Å². The molecule has 25 heavy (non-hydrogen) atoms. The molecule has 0 aliphatic carbocycles. The minimum atomic E-state index is -4.34. The predicted molar refractivity (Wildman–Crippen MR) is 95.8 cm³/mol. The van der Waals surface area contributed by atoms with Crippen LogP contribution in [0.25, 0.3) is 22.0 Å². The summed E-state index contributed by atoms with van der Waals surface area (Å²) in [5.74, 6) is 0. The van der Waals surface area contributed by atoms with Gasteiger partial charge in [-0.1, -0.05) is 48.5 Å². The van der Waals surface area contributed by atoms with E-state index in [9.17, 15) is 13.2 Å². The van der Waals surface area contributed by atoms with Gasteiger partial charge >= 0.3 is 6.18 Å². The molecule has 0 N–H and O–H groups in total. The van der Waals surface area contributed by atoms with Crippen LogP contribution in [0.3, 0.4) is 0 Å². The number of thiophene rings is 1. The Morgan fingerprint density at radius 1 is 0.840 bits per heavy atom. The second-order valence-corrected chi connectivity index (χ2v) is 6.75. The minimum absolute atomic E-state index is 0.250. The lowest BCUT2D eigenvalue weighted by atomic mass is 10.1. The molecule has 2 aromatic heterocycles. The molecule has 0 unspecified atom stereocenters. The van der Waals surface area contributed by atoms with Gasteiger partial charge in [-0.2, -0.15) is 13.2 Å². The van der Waals surface area contributed by atoms with Crippen LogP contribution in [0.15, 0.2) is 72.2 Å². The predicted octanol–water partition coefficient (Wildman–Crippen LogP) is 6.44. The minimum Gasteiger partial charge on any atom is -0.342 e. The molecule has 5 heteroatoms. The first-order valence-corrected chi connectivity index (χ1v) is 8.69. The van der Waals surface area contributed by atoms with Crippen LogP contribution in [0.2, 0.25) is 0 Å². The Balaban J connectivity index is 1.88. The summed E-state index contributed by atoms with van der Waals surface area (Å²) < 4.78 is 42.0. The molecule has 0 saturated carbocycles. The number of rotatable bonds is 3. The highest BCUT2D eigenvalue weighted by atomic mass is 32.1. The van der Waals surface area contributed by atoms with Crippen LogP contribution in [0, 0.1) is 0 Å². The molecule has 0 aliphatic rings. The molecular formula is C20H14F3NS. The van der Waals surface area contributed by atoms with E-state index in [2.05, 4.69) is 0 Å². The van der Waals surface area contributed by atoms with E-state index in [4.69, 9.17) is 0 Å². The van der Waals surface area contributed by atoms with Crippen molar-refractivity contribution in [3.63, 3.8) is 0 Å². The third-order valence-corrected chi connectivity index (χ3v) is 5.16. The van der Waals surface area contributed by atoms with Crippen molar-refractivity contribution < 1.29 is 13.2 Å². The van der Waals surface area contributed by atoms with Gasteiger partial charge in [-0.05, 0) is 23.1 Å². The van der Waals surface area contributed by atoms with Crippen molar-refractivity contribution in [3.8, 4) is 11.1 Å². The number of fused-ring (bicyclic) bond motifs is 1. The van der Waals surface area contributed by atoms with E-state index in [1.165, 1.54) is 5.38 Å². The second-order valence-electron chi connectivity index (χ2n) is 5.83. The lowest BCUT2D eigenvalue weighted by molar-refractivity contribution is -0.133. The number of halogens is 3. The van der Waals surface area contributed by atoms with Gasteiger partial charge in [0.15, 0.2) is 0 Å². The van der Waals surface area contributed by atoms with Gasteiger partial charge in [0.05, 0.1) is 0 Å². The molecule has 0 atom stereocenters. The fourth-order valence-corrected chi connectivity index (χ4v) is 3.89. The third-order valence-electron chi connectivity index (χ3n) is 4.20. The van der Waals surface area contributed by atoms with Crippen molar-refractivity contribution in [2.24, 2.45) is 0 Å². The van der Waals surface area contributed by atoms with Crippen molar-refractivity contribution in [1.82, 2.24) is 4.57 Å². The van der Waals surface area contributed by atoms with Crippen LogP contribution < -0.4 is 0 Å². The van der Waals surface area contributed by atoms with Crippen molar-refractivity contribution in [3.05, 3.63) is 82.7 Å². The van der Waals surface area contributed by atoms with E-state index < -0.39 is 11.1 Å². The largest absolute Gasteiger partial charge is 0.426 e. The smallest absolute Gasteiger partial charge is 0.342 e. The highest BCUT2D eigenvalue weighted by molar-refractivity contribution is 7.10. The van der Waals surface area contributed by atoms with Crippen LogP contribution in [-0.2, 0) is 12.7 Å². The van der Waals surface area contributed by atoms with Gasteiger partial charge in [0, 0.05) is 34.8 Å². The number of alkyl halides is 3. The fraction of sp³-hybridized carbons (Fsp3) is 0.100. The number of benzene rings is 2. The van der Waals surface area contributed by atoms with Gasteiger partial charge in [-0.15, -0.1) is 11.3 Å². The normalized spacial score (nSPS) is 12.0. The summed E-state index contributed by atoms with van der Waals surface area (Å²) in [7, 11) is 0.